The quantitative estimate of drug-likeness (QED) is 0.713. The number of hydrogen-bond acceptors (Lipinski definition) is 4. The van der Waals surface area contributed by atoms with E-state index in [9.17, 15) is 18.0 Å². The molecular formula is C13H19F3N2O3S. The number of carbonyl (C=O) groups is 2. The minimum atomic E-state index is -5.08. The number of nitrogens with zero attached hydrogens (tertiary/aromatic N) is 1. The monoisotopic (exact) mass is 340 g/mol. The van der Waals surface area contributed by atoms with Crippen molar-refractivity contribution >= 4 is 23.6 Å². The number of amides is 1. The first-order valence-electron chi connectivity index (χ1n) is 6.80. The number of nitrogens with two attached hydrogens (primary N) is 1. The molecule has 0 saturated carbocycles. The molecule has 2 aliphatic rings. The van der Waals surface area contributed by atoms with Crippen LogP contribution in [0.3, 0.4) is 0 Å². The number of carboxylic acids is 1. The van der Waals surface area contributed by atoms with E-state index in [1.165, 1.54) is 6.42 Å². The van der Waals surface area contributed by atoms with E-state index in [1.54, 1.807) is 0 Å². The van der Waals surface area contributed by atoms with Crippen LogP contribution in [0.25, 0.3) is 0 Å². The van der Waals surface area contributed by atoms with E-state index in [0.717, 1.165) is 25.0 Å². The first kappa shape index (κ1) is 18.8. The number of halogens is 3. The fourth-order valence-electron chi connectivity index (χ4n) is 2.34. The number of piperidine rings is 1. The summed E-state index contributed by atoms with van der Waals surface area (Å²) in [5.74, 6) is -1.64. The molecule has 0 aromatic heterocycles. The molecule has 5 nitrogen and oxygen atoms in total. The van der Waals surface area contributed by atoms with Crippen molar-refractivity contribution < 1.29 is 27.9 Å². The van der Waals surface area contributed by atoms with Crippen LogP contribution < -0.4 is 5.73 Å². The van der Waals surface area contributed by atoms with Gasteiger partial charge in [0.05, 0.1) is 17.5 Å². The minimum Gasteiger partial charge on any atom is -0.475 e. The maximum Gasteiger partial charge on any atom is 0.490 e. The topological polar surface area (TPSA) is 83.6 Å². The Morgan fingerprint density at radius 2 is 2.00 bits per heavy atom. The van der Waals surface area contributed by atoms with Crippen molar-refractivity contribution in [1.82, 2.24) is 4.90 Å². The Kier molecular flexibility index (Phi) is 6.73. The highest BCUT2D eigenvalue weighted by Gasteiger charge is 2.38. The molecule has 2 saturated heterocycles. The maximum atomic E-state index is 12.1. The van der Waals surface area contributed by atoms with Gasteiger partial charge in [-0.05, 0) is 31.4 Å². The smallest absolute Gasteiger partial charge is 0.475 e. The van der Waals surface area contributed by atoms with E-state index in [1.807, 2.05) is 22.7 Å². The van der Waals surface area contributed by atoms with E-state index in [0.29, 0.717) is 5.37 Å². The molecule has 2 aliphatic heterocycles. The third-order valence-corrected chi connectivity index (χ3v) is 4.76. The molecule has 9 heteroatoms. The molecule has 0 unspecified atom stereocenters. The van der Waals surface area contributed by atoms with Crippen LogP contribution in [0, 0.1) is 0 Å². The first-order chi connectivity index (χ1) is 10.2. The number of alkyl halides is 3. The molecule has 0 bridgehead atoms. The van der Waals surface area contributed by atoms with Crippen LogP contribution in [0.2, 0.25) is 0 Å². The van der Waals surface area contributed by atoms with Crippen molar-refractivity contribution in [2.24, 2.45) is 5.73 Å². The summed E-state index contributed by atoms with van der Waals surface area (Å²) in [6.45, 7) is 3.82. The van der Waals surface area contributed by atoms with Gasteiger partial charge in [-0.15, -0.1) is 18.3 Å². The number of aliphatic carboxylic acids is 1. The van der Waals surface area contributed by atoms with E-state index in [-0.39, 0.29) is 18.0 Å². The number of rotatable bonds is 1. The Hall–Kier alpha value is -1.22. The van der Waals surface area contributed by atoms with Gasteiger partial charge >= 0.3 is 12.1 Å². The van der Waals surface area contributed by atoms with Gasteiger partial charge in [-0.3, -0.25) is 4.79 Å². The third-order valence-electron chi connectivity index (χ3n) is 3.44. The molecule has 3 atom stereocenters. The van der Waals surface area contributed by atoms with Crippen LogP contribution in [-0.2, 0) is 9.59 Å². The highest BCUT2D eigenvalue weighted by Crippen LogP contribution is 2.34. The second-order valence-electron chi connectivity index (χ2n) is 5.00. The number of fused-ring (bicyclic) bond motifs is 1. The van der Waals surface area contributed by atoms with Crippen molar-refractivity contribution in [3.8, 4) is 0 Å². The highest BCUT2D eigenvalue weighted by atomic mass is 32.2. The molecule has 22 heavy (non-hydrogen) atoms. The summed E-state index contributed by atoms with van der Waals surface area (Å²) in [4.78, 5) is 23.0. The van der Waals surface area contributed by atoms with Gasteiger partial charge in [0.25, 0.3) is 0 Å². The number of thioether (sulfide) groups is 1. The molecule has 3 N–H and O–H groups in total. The van der Waals surface area contributed by atoms with Crippen molar-refractivity contribution in [1.29, 1.82) is 0 Å². The molecular weight excluding hydrogens is 321 g/mol. The fourth-order valence-corrected chi connectivity index (χ4v) is 3.76. The van der Waals surface area contributed by atoms with E-state index in [4.69, 9.17) is 15.6 Å². The zero-order valence-electron chi connectivity index (χ0n) is 11.9. The van der Waals surface area contributed by atoms with E-state index in [2.05, 4.69) is 6.58 Å². The summed E-state index contributed by atoms with van der Waals surface area (Å²) >= 11 is 1.87. The molecule has 2 heterocycles. The van der Waals surface area contributed by atoms with Gasteiger partial charge in [-0.2, -0.15) is 13.2 Å². The number of hydrogen-bond donors (Lipinski definition) is 2. The molecule has 0 spiro atoms. The Labute approximate surface area is 130 Å². The van der Waals surface area contributed by atoms with Crippen LogP contribution in [0.5, 0.6) is 0 Å². The molecule has 0 aromatic rings. The van der Waals surface area contributed by atoms with Gasteiger partial charge < -0.3 is 15.7 Å². The molecule has 0 radical (unpaired) electrons. The van der Waals surface area contributed by atoms with Crippen molar-refractivity contribution in [3.05, 3.63) is 12.7 Å². The average Bonchev–Trinajstić information content (AvgIpc) is 2.58. The zero-order chi connectivity index (χ0) is 16.9. The molecule has 0 aromatic carbocycles. The highest BCUT2D eigenvalue weighted by molar-refractivity contribution is 7.99. The Morgan fingerprint density at radius 1 is 1.41 bits per heavy atom. The summed E-state index contributed by atoms with van der Waals surface area (Å²) in [5, 5.41) is 7.46. The van der Waals surface area contributed by atoms with Crippen LogP contribution in [0.15, 0.2) is 12.7 Å². The summed E-state index contributed by atoms with van der Waals surface area (Å²) in [6, 6.07) is -0.101. The van der Waals surface area contributed by atoms with Crippen LogP contribution in [0.4, 0.5) is 13.2 Å². The Bertz CT molecular complexity index is 431. The normalized spacial score (nSPS) is 28.8. The average molecular weight is 340 g/mol. The Morgan fingerprint density at radius 3 is 2.50 bits per heavy atom. The standard InChI is InChI=1S/C11H18N2OS.C2HF3O2/c1-2-8-4-3-5-10-13(8)11(14)9(12)6-7-15-10;3-2(4,5)1(6)7/h2,8-10H,1,3-7,12H2;(H,6,7)/t8-,9+,10+;/m1./s1. The van der Waals surface area contributed by atoms with Crippen LogP contribution in [-0.4, -0.2) is 51.3 Å². The predicted molar refractivity (Wildman–Crippen MR) is 77.2 cm³/mol. The van der Waals surface area contributed by atoms with Gasteiger partial charge in [-0.25, -0.2) is 4.79 Å². The predicted octanol–water partition coefficient (Wildman–Crippen LogP) is 1.98. The van der Waals surface area contributed by atoms with Crippen molar-refractivity contribution in [2.75, 3.05) is 5.75 Å². The van der Waals surface area contributed by atoms with E-state index >= 15 is 0 Å². The third kappa shape index (κ3) is 4.91. The van der Waals surface area contributed by atoms with Crippen molar-refractivity contribution in [2.45, 2.75) is 49.3 Å². The van der Waals surface area contributed by atoms with Crippen LogP contribution >= 0.6 is 11.8 Å². The maximum absolute atomic E-state index is 12.1. The van der Waals surface area contributed by atoms with Gasteiger partial charge in [0.15, 0.2) is 0 Å². The molecule has 1 amide bonds. The second-order valence-corrected chi connectivity index (χ2v) is 6.29. The lowest BCUT2D eigenvalue weighted by molar-refractivity contribution is -0.192. The number of carbonyl (C=O) groups excluding carboxylic acids is 1. The lowest BCUT2D eigenvalue weighted by Gasteiger charge is -2.40. The summed E-state index contributed by atoms with van der Waals surface area (Å²) in [7, 11) is 0. The van der Waals surface area contributed by atoms with Gasteiger partial charge in [0.1, 0.15) is 0 Å². The molecule has 2 rings (SSSR count). The lowest BCUT2D eigenvalue weighted by Crippen LogP contribution is -2.52. The zero-order valence-corrected chi connectivity index (χ0v) is 12.7. The van der Waals surface area contributed by atoms with Crippen LogP contribution in [0.1, 0.15) is 25.7 Å². The summed E-state index contributed by atoms with van der Waals surface area (Å²) in [6.07, 6.45) is 0.947. The minimum absolute atomic E-state index is 0.120. The lowest BCUT2D eigenvalue weighted by atomic mass is 10.0. The summed E-state index contributed by atoms with van der Waals surface area (Å²) < 4.78 is 31.7. The molecule has 0 aliphatic carbocycles. The van der Waals surface area contributed by atoms with Crippen molar-refractivity contribution in [3.63, 3.8) is 0 Å². The number of carboxylic acid groups (broad SMARTS) is 1. The largest absolute Gasteiger partial charge is 0.490 e. The fraction of sp³-hybridized carbons (Fsp3) is 0.692. The van der Waals surface area contributed by atoms with E-state index < -0.39 is 12.1 Å². The SMILES string of the molecule is C=C[C@@H]1CCC[C@@H]2SCC[C@H](N)C(=O)N12.O=C(O)C(F)(F)F. The summed E-state index contributed by atoms with van der Waals surface area (Å²) in [5.41, 5.74) is 5.86. The van der Waals surface area contributed by atoms with Gasteiger partial charge in [-0.1, -0.05) is 6.08 Å². The molecule has 2 fully saturated rings. The Balaban J connectivity index is 0.000000295. The first-order valence-corrected chi connectivity index (χ1v) is 7.85. The second kappa shape index (κ2) is 7.87. The van der Waals surface area contributed by atoms with Gasteiger partial charge in [0.2, 0.25) is 5.91 Å². The van der Waals surface area contributed by atoms with Gasteiger partial charge in [0, 0.05) is 0 Å². The molecule has 126 valence electrons.